The Balaban J connectivity index is 1.93. The Hall–Kier alpha value is -1.50. The van der Waals surface area contributed by atoms with E-state index in [1.54, 1.807) is 22.9 Å². The van der Waals surface area contributed by atoms with Crippen LogP contribution in [0.4, 0.5) is 0 Å². The Morgan fingerprint density at radius 3 is 2.82 bits per heavy atom. The SMILES string of the molecule is Cc1[nH]ncc1CNC(=O)[C@@H]1CSCN1C(=O)CC(C)(C)C. The summed E-state index contributed by atoms with van der Waals surface area (Å²) in [5.74, 6) is 1.22. The number of nitrogens with zero attached hydrogens (tertiary/aromatic N) is 2. The maximum atomic E-state index is 12.4. The van der Waals surface area contributed by atoms with Gasteiger partial charge in [0.15, 0.2) is 0 Å². The smallest absolute Gasteiger partial charge is 0.243 e. The van der Waals surface area contributed by atoms with Gasteiger partial charge in [-0.15, -0.1) is 11.8 Å². The molecular weight excluding hydrogens is 300 g/mol. The number of aromatic amines is 1. The van der Waals surface area contributed by atoms with Crippen LogP contribution in [0.15, 0.2) is 6.20 Å². The van der Waals surface area contributed by atoms with Crippen molar-refractivity contribution in [1.82, 2.24) is 20.4 Å². The topological polar surface area (TPSA) is 78.1 Å². The molecule has 22 heavy (non-hydrogen) atoms. The van der Waals surface area contributed by atoms with Gasteiger partial charge in [-0.3, -0.25) is 14.7 Å². The number of carbonyl (C=O) groups is 2. The van der Waals surface area contributed by atoms with Crippen molar-refractivity contribution in [2.75, 3.05) is 11.6 Å². The lowest BCUT2D eigenvalue weighted by molar-refractivity contribution is -0.139. The zero-order valence-corrected chi connectivity index (χ0v) is 14.4. The van der Waals surface area contributed by atoms with Crippen LogP contribution in [0.1, 0.15) is 38.4 Å². The number of hydrogen-bond acceptors (Lipinski definition) is 4. The minimum absolute atomic E-state index is 0.0529. The molecule has 1 aliphatic rings. The number of carbonyl (C=O) groups excluding carboxylic acids is 2. The summed E-state index contributed by atoms with van der Waals surface area (Å²) in [4.78, 5) is 26.5. The van der Waals surface area contributed by atoms with E-state index >= 15 is 0 Å². The Morgan fingerprint density at radius 1 is 1.50 bits per heavy atom. The van der Waals surface area contributed by atoms with E-state index in [1.807, 2.05) is 27.7 Å². The van der Waals surface area contributed by atoms with Gasteiger partial charge in [-0.1, -0.05) is 20.8 Å². The number of nitrogens with one attached hydrogen (secondary N) is 2. The highest BCUT2D eigenvalue weighted by atomic mass is 32.2. The van der Waals surface area contributed by atoms with Gasteiger partial charge in [0.2, 0.25) is 11.8 Å². The van der Waals surface area contributed by atoms with E-state index < -0.39 is 0 Å². The first kappa shape index (κ1) is 16.9. The molecule has 1 fully saturated rings. The number of hydrogen-bond donors (Lipinski definition) is 2. The average molecular weight is 324 g/mol. The molecule has 122 valence electrons. The molecule has 6 nitrogen and oxygen atoms in total. The number of thioether (sulfide) groups is 1. The van der Waals surface area contributed by atoms with Gasteiger partial charge in [0.1, 0.15) is 6.04 Å². The van der Waals surface area contributed by atoms with Crippen LogP contribution in [0, 0.1) is 12.3 Å². The molecule has 2 heterocycles. The molecule has 0 aliphatic carbocycles. The maximum absolute atomic E-state index is 12.4. The lowest BCUT2D eigenvalue weighted by atomic mass is 9.91. The van der Waals surface area contributed by atoms with Crippen molar-refractivity contribution < 1.29 is 9.59 Å². The molecule has 0 unspecified atom stereocenters. The van der Waals surface area contributed by atoms with Crippen LogP contribution in [-0.4, -0.2) is 44.6 Å². The maximum Gasteiger partial charge on any atom is 0.243 e. The van der Waals surface area contributed by atoms with E-state index in [9.17, 15) is 9.59 Å². The van der Waals surface area contributed by atoms with Crippen molar-refractivity contribution in [3.05, 3.63) is 17.5 Å². The molecule has 1 saturated heterocycles. The summed E-state index contributed by atoms with van der Waals surface area (Å²) in [5.41, 5.74) is 1.84. The van der Waals surface area contributed by atoms with Gasteiger partial charge in [0.05, 0.1) is 12.1 Å². The predicted molar refractivity (Wildman–Crippen MR) is 87.2 cm³/mol. The second-order valence-electron chi connectivity index (χ2n) is 6.85. The lowest BCUT2D eigenvalue weighted by Gasteiger charge is -2.26. The van der Waals surface area contributed by atoms with Crippen LogP contribution in [-0.2, 0) is 16.1 Å². The third-order valence-corrected chi connectivity index (χ3v) is 4.59. The van der Waals surface area contributed by atoms with Crippen LogP contribution in [0.2, 0.25) is 0 Å². The number of H-pyrrole nitrogens is 1. The summed E-state index contributed by atoms with van der Waals surface area (Å²) in [5, 5.41) is 9.69. The molecule has 0 bridgehead atoms. The van der Waals surface area contributed by atoms with E-state index in [4.69, 9.17) is 0 Å². The molecular formula is C15H24N4O2S. The highest BCUT2D eigenvalue weighted by Gasteiger charge is 2.35. The van der Waals surface area contributed by atoms with Crippen LogP contribution in [0.25, 0.3) is 0 Å². The normalized spacial score (nSPS) is 18.5. The summed E-state index contributed by atoms with van der Waals surface area (Å²) in [6, 6.07) is -0.368. The Morgan fingerprint density at radius 2 is 2.23 bits per heavy atom. The van der Waals surface area contributed by atoms with Gasteiger partial charge in [-0.25, -0.2) is 0 Å². The fraction of sp³-hybridized carbons (Fsp3) is 0.667. The zero-order chi connectivity index (χ0) is 16.3. The van der Waals surface area contributed by atoms with Crippen LogP contribution in [0.3, 0.4) is 0 Å². The molecule has 1 atom stereocenters. The molecule has 7 heteroatoms. The van der Waals surface area contributed by atoms with Crippen molar-refractivity contribution in [3.63, 3.8) is 0 Å². The number of amides is 2. The molecule has 2 amide bonds. The van der Waals surface area contributed by atoms with Crippen molar-refractivity contribution in [3.8, 4) is 0 Å². The van der Waals surface area contributed by atoms with E-state index in [0.717, 1.165) is 11.3 Å². The first-order chi connectivity index (χ1) is 10.3. The average Bonchev–Trinajstić information content (AvgIpc) is 3.02. The van der Waals surface area contributed by atoms with E-state index in [2.05, 4.69) is 15.5 Å². The van der Waals surface area contributed by atoms with Gasteiger partial charge >= 0.3 is 0 Å². The van der Waals surface area contributed by atoms with Crippen molar-refractivity contribution in [1.29, 1.82) is 0 Å². The largest absolute Gasteiger partial charge is 0.350 e. The van der Waals surface area contributed by atoms with Crippen LogP contribution >= 0.6 is 11.8 Å². The molecule has 1 aliphatic heterocycles. The van der Waals surface area contributed by atoms with Crippen molar-refractivity contribution in [2.45, 2.75) is 46.7 Å². The van der Waals surface area contributed by atoms with Crippen LogP contribution in [0.5, 0.6) is 0 Å². The third kappa shape index (κ3) is 4.25. The van der Waals surface area contributed by atoms with Gasteiger partial charge in [0.25, 0.3) is 0 Å². The zero-order valence-electron chi connectivity index (χ0n) is 13.6. The third-order valence-electron chi connectivity index (χ3n) is 3.57. The van der Waals surface area contributed by atoms with E-state index in [0.29, 0.717) is 24.6 Å². The number of aromatic nitrogens is 2. The molecule has 2 rings (SSSR count). The second kappa shape index (κ2) is 6.73. The monoisotopic (exact) mass is 324 g/mol. The van der Waals surface area contributed by atoms with Crippen molar-refractivity contribution >= 4 is 23.6 Å². The summed E-state index contributed by atoms with van der Waals surface area (Å²) in [6.07, 6.45) is 2.17. The highest BCUT2D eigenvalue weighted by Crippen LogP contribution is 2.26. The number of aryl methyl sites for hydroxylation is 1. The van der Waals surface area contributed by atoms with Gasteiger partial charge in [-0.05, 0) is 12.3 Å². The quantitative estimate of drug-likeness (QED) is 0.883. The Labute approximate surface area is 135 Å². The standard InChI is InChI=1S/C15H24N4O2S/c1-10-11(7-17-18-10)6-16-14(21)12-8-22-9-19(12)13(20)5-15(2,3)4/h7,12H,5-6,8-9H2,1-4H3,(H,16,21)(H,17,18)/t12-/m0/s1. The molecule has 1 aromatic rings. The molecule has 0 spiro atoms. The first-order valence-corrected chi connectivity index (χ1v) is 8.57. The molecule has 0 radical (unpaired) electrons. The predicted octanol–water partition coefficient (Wildman–Crippen LogP) is 1.67. The molecule has 1 aromatic heterocycles. The summed E-state index contributed by atoms with van der Waals surface area (Å²) in [6.45, 7) is 8.45. The Kier molecular flexibility index (Phi) is 5.16. The van der Waals surface area contributed by atoms with Crippen molar-refractivity contribution in [2.24, 2.45) is 5.41 Å². The van der Waals surface area contributed by atoms with Gasteiger partial charge < -0.3 is 10.2 Å². The second-order valence-corrected chi connectivity index (χ2v) is 7.85. The minimum atomic E-state index is -0.368. The summed E-state index contributed by atoms with van der Waals surface area (Å²) < 4.78 is 0. The number of rotatable bonds is 4. The minimum Gasteiger partial charge on any atom is -0.350 e. The summed E-state index contributed by atoms with van der Waals surface area (Å²) >= 11 is 1.63. The van der Waals surface area contributed by atoms with Gasteiger partial charge in [0, 0.05) is 30.0 Å². The van der Waals surface area contributed by atoms with Crippen LogP contribution < -0.4 is 5.32 Å². The molecule has 2 N–H and O–H groups in total. The highest BCUT2D eigenvalue weighted by molar-refractivity contribution is 7.99. The fourth-order valence-corrected chi connectivity index (χ4v) is 3.50. The van der Waals surface area contributed by atoms with Gasteiger partial charge in [-0.2, -0.15) is 5.10 Å². The molecule has 0 aromatic carbocycles. The fourth-order valence-electron chi connectivity index (χ4n) is 2.31. The summed E-state index contributed by atoms with van der Waals surface area (Å²) in [7, 11) is 0. The Bertz CT molecular complexity index is 550. The first-order valence-electron chi connectivity index (χ1n) is 7.42. The van der Waals surface area contributed by atoms with E-state index in [-0.39, 0.29) is 23.3 Å². The van der Waals surface area contributed by atoms with E-state index in [1.165, 1.54) is 0 Å². The molecule has 0 saturated carbocycles. The lowest BCUT2D eigenvalue weighted by Crippen LogP contribution is -2.47.